The van der Waals surface area contributed by atoms with Crippen LogP contribution in [0.1, 0.15) is 70.6 Å². The highest BCUT2D eigenvalue weighted by Crippen LogP contribution is 2.23. The van der Waals surface area contributed by atoms with Crippen molar-refractivity contribution in [1.29, 1.82) is 0 Å². The maximum Gasteiger partial charge on any atom is 0.0914 e. The van der Waals surface area contributed by atoms with Gasteiger partial charge in [-0.3, -0.25) is 0 Å². The van der Waals surface area contributed by atoms with E-state index >= 15 is 0 Å². The van der Waals surface area contributed by atoms with Crippen molar-refractivity contribution in [3.8, 4) is 0 Å². The quantitative estimate of drug-likeness (QED) is 0.698. The van der Waals surface area contributed by atoms with E-state index in [-0.39, 0.29) is 5.41 Å². The zero-order chi connectivity index (χ0) is 15.0. The molecular weight excluding hydrogens is 246 g/mol. The van der Waals surface area contributed by atoms with Crippen LogP contribution in [0, 0.1) is 0 Å². The lowest BCUT2D eigenvalue weighted by Crippen LogP contribution is -2.22. The van der Waals surface area contributed by atoms with Gasteiger partial charge in [-0.1, -0.05) is 71.2 Å². The van der Waals surface area contributed by atoms with E-state index in [2.05, 4.69) is 45.1 Å². The lowest BCUT2D eigenvalue weighted by Gasteiger charge is -2.20. The topological polar surface area (TPSA) is 32.3 Å². The molecule has 1 aromatic carbocycles. The summed E-state index contributed by atoms with van der Waals surface area (Å²) in [4.78, 5) is 0. The van der Waals surface area contributed by atoms with Crippen LogP contribution in [-0.4, -0.2) is 18.2 Å². The van der Waals surface area contributed by atoms with Gasteiger partial charge in [-0.25, -0.2) is 0 Å². The standard InChI is InChI=1S/C18H31NO/c1-5-6-7-8-13-19-14-17(20)15-9-11-16(12-10-15)18(2,3)4/h9-12,17,19-20H,5-8,13-14H2,1-4H3. The van der Waals surface area contributed by atoms with Crippen molar-refractivity contribution >= 4 is 0 Å². The van der Waals surface area contributed by atoms with Gasteiger partial charge in [0.05, 0.1) is 6.10 Å². The first-order chi connectivity index (χ1) is 9.45. The number of nitrogens with one attached hydrogen (secondary N) is 1. The molecule has 0 aliphatic carbocycles. The zero-order valence-electron chi connectivity index (χ0n) is 13.6. The van der Waals surface area contributed by atoms with E-state index in [9.17, 15) is 5.11 Å². The minimum atomic E-state index is -0.407. The van der Waals surface area contributed by atoms with Crippen molar-refractivity contribution in [2.75, 3.05) is 13.1 Å². The van der Waals surface area contributed by atoms with E-state index in [1.54, 1.807) is 0 Å². The van der Waals surface area contributed by atoms with Crippen LogP contribution in [0.4, 0.5) is 0 Å². The number of benzene rings is 1. The van der Waals surface area contributed by atoms with Crippen LogP contribution in [0.5, 0.6) is 0 Å². The Kier molecular flexibility index (Phi) is 7.25. The van der Waals surface area contributed by atoms with E-state index in [0.717, 1.165) is 12.1 Å². The number of aliphatic hydroxyl groups excluding tert-OH is 1. The number of rotatable bonds is 8. The fraction of sp³-hybridized carbons (Fsp3) is 0.667. The molecule has 1 atom stereocenters. The minimum Gasteiger partial charge on any atom is -0.387 e. The SMILES string of the molecule is CCCCCCNCC(O)c1ccc(C(C)(C)C)cc1. The molecule has 0 saturated heterocycles. The summed E-state index contributed by atoms with van der Waals surface area (Å²) in [5.74, 6) is 0. The number of hydrogen-bond acceptors (Lipinski definition) is 2. The summed E-state index contributed by atoms with van der Waals surface area (Å²) in [6, 6.07) is 8.34. The predicted octanol–water partition coefficient (Wildman–Crippen LogP) is 4.19. The predicted molar refractivity (Wildman–Crippen MR) is 87.1 cm³/mol. The van der Waals surface area contributed by atoms with Crippen molar-refractivity contribution in [2.45, 2.75) is 64.9 Å². The second kappa shape index (κ2) is 8.43. The van der Waals surface area contributed by atoms with Gasteiger partial charge in [0.25, 0.3) is 0 Å². The molecule has 2 N–H and O–H groups in total. The molecule has 0 fully saturated rings. The van der Waals surface area contributed by atoms with Gasteiger partial charge in [0.15, 0.2) is 0 Å². The van der Waals surface area contributed by atoms with E-state index in [1.165, 1.54) is 31.2 Å². The molecule has 0 spiro atoms. The first-order valence-electron chi connectivity index (χ1n) is 7.94. The maximum atomic E-state index is 10.2. The lowest BCUT2D eigenvalue weighted by molar-refractivity contribution is 0.174. The second-order valence-electron chi connectivity index (χ2n) is 6.65. The van der Waals surface area contributed by atoms with Crippen LogP contribution < -0.4 is 5.32 Å². The molecule has 0 aromatic heterocycles. The van der Waals surface area contributed by atoms with Crippen molar-refractivity contribution < 1.29 is 5.11 Å². The lowest BCUT2D eigenvalue weighted by atomic mass is 9.86. The van der Waals surface area contributed by atoms with Gasteiger partial charge in [0.2, 0.25) is 0 Å². The van der Waals surface area contributed by atoms with Gasteiger partial charge in [-0.05, 0) is 29.5 Å². The van der Waals surface area contributed by atoms with Gasteiger partial charge < -0.3 is 10.4 Å². The smallest absolute Gasteiger partial charge is 0.0914 e. The van der Waals surface area contributed by atoms with Crippen LogP contribution >= 0.6 is 0 Å². The van der Waals surface area contributed by atoms with Gasteiger partial charge in [-0.15, -0.1) is 0 Å². The molecule has 0 aliphatic heterocycles. The first kappa shape index (κ1) is 17.2. The van der Waals surface area contributed by atoms with E-state index in [0.29, 0.717) is 6.54 Å². The van der Waals surface area contributed by atoms with Crippen LogP contribution in [0.3, 0.4) is 0 Å². The highest BCUT2D eigenvalue weighted by Gasteiger charge is 2.14. The average Bonchev–Trinajstić information content (AvgIpc) is 2.41. The molecule has 2 heteroatoms. The average molecular weight is 277 g/mol. The molecule has 114 valence electrons. The van der Waals surface area contributed by atoms with E-state index in [4.69, 9.17) is 0 Å². The van der Waals surface area contributed by atoms with E-state index in [1.807, 2.05) is 12.1 Å². The number of unbranched alkanes of at least 4 members (excludes halogenated alkanes) is 3. The third-order valence-electron chi connectivity index (χ3n) is 3.71. The summed E-state index contributed by atoms with van der Waals surface area (Å²) < 4.78 is 0. The Morgan fingerprint density at radius 2 is 1.70 bits per heavy atom. The Labute approximate surface area is 124 Å². The highest BCUT2D eigenvalue weighted by molar-refractivity contribution is 5.28. The Morgan fingerprint density at radius 1 is 1.05 bits per heavy atom. The minimum absolute atomic E-state index is 0.168. The summed E-state index contributed by atoms with van der Waals surface area (Å²) in [7, 11) is 0. The Balaban J connectivity index is 2.34. The molecule has 1 unspecified atom stereocenters. The van der Waals surface area contributed by atoms with Crippen molar-refractivity contribution in [3.63, 3.8) is 0 Å². The molecule has 0 aliphatic rings. The molecule has 0 heterocycles. The maximum absolute atomic E-state index is 10.2. The van der Waals surface area contributed by atoms with Gasteiger partial charge >= 0.3 is 0 Å². The molecule has 20 heavy (non-hydrogen) atoms. The van der Waals surface area contributed by atoms with Crippen molar-refractivity contribution in [3.05, 3.63) is 35.4 Å². The molecule has 0 bridgehead atoms. The Hall–Kier alpha value is -0.860. The van der Waals surface area contributed by atoms with Crippen LogP contribution in [0.25, 0.3) is 0 Å². The normalized spacial score (nSPS) is 13.4. The summed E-state index contributed by atoms with van der Waals surface area (Å²) >= 11 is 0. The first-order valence-corrected chi connectivity index (χ1v) is 7.94. The summed E-state index contributed by atoms with van der Waals surface area (Å²) in [6.07, 6.45) is 4.64. The largest absolute Gasteiger partial charge is 0.387 e. The number of aliphatic hydroxyl groups is 1. The highest BCUT2D eigenvalue weighted by atomic mass is 16.3. The number of hydrogen-bond donors (Lipinski definition) is 2. The fourth-order valence-corrected chi connectivity index (χ4v) is 2.24. The molecule has 0 amide bonds. The molecule has 0 saturated carbocycles. The third kappa shape index (κ3) is 6.06. The second-order valence-corrected chi connectivity index (χ2v) is 6.65. The Morgan fingerprint density at radius 3 is 2.25 bits per heavy atom. The molecular formula is C18H31NO. The monoisotopic (exact) mass is 277 g/mol. The van der Waals surface area contributed by atoms with Crippen molar-refractivity contribution in [2.24, 2.45) is 0 Å². The summed E-state index contributed by atoms with van der Waals surface area (Å²) in [5, 5.41) is 13.5. The van der Waals surface area contributed by atoms with E-state index < -0.39 is 6.10 Å². The molecule has 1 rings (SSSR count). The molecule has 1 aromatic rings. The zero-order valence-corrected chi connectivity index (χ0v) is 13.6. The van der Waals surface area contributed by atoms with Gasteiger partial charge in [0.1, 0.15) is 0 Å². The third-order valence-corrected chi connectivity index (χ3v) is 3.71. The summed E-state index contributed by atoms with van der Waals surface area (Å²) in [6.45, 7) is 10.5. The molecule has 2 nitrogen and oxygen atoms in total. The fourth-order valence-electron chi connectivity index (χ4n) is 2.24. The van der Waals surface area contributed by atoms with Crippen LogP contribution in [0.15, 0.2) is 24.3 Å². The Bertz CT molecular complexity index is 364. The van der Waals surface area contributed by atoms with Crippen molar-refractivity contribution in [1.82, 2.24) is 5.32 Å². The van der Waals surface area contributed by atoms with Crippen LogP contribution in [0.2, 0.25) is 0 Å². The van der Waals surface area contributed by atoms with Crippen LogP contribution in [-0.2, 0) is 5.41 Å². The van der Waals surface area contributed by atoms with Gasteiger partial charge in [0, 0.05) is 6.54 Å². The summed E-state index contributed by atoms with van der Waals surface area (Å²) in [5.41, 5.74) is 2.47. The molecule has 0 radical (unpaired) electrons. The van der Waals surface area contributed by atoms with Gasteiger partial charge in [-0.2, -0.15) is 0 Å².